The van der Waals surface area contributed by atoms with Crippen LogP contribution >= 0.6 is 11.3 Å². The van der Waals surface area contributed by atoms with Crippen LogP contribution in [-0.2, 0) is 28.9 Å². The molecule has 1 amide bonds. The van der Waals surface area contributed by atoms with E-state index < -0.39 is 82.9 Å². The second-order valence-corrected chi connectivity index (χ2v) is 13.7. The van der Waals surface area contributed by atoms with Crippen molar-refractivity contribution in [3.8, 4) is 0 Å². The van der Waals surface area contributed by atoms with Crippen molar-refractivity contribution in [3.63, 3.8) is 0 Å². The highest BCUT2D eigenvalue weighted by atomic mass is 32.2. The van der Waals surface area contributed by atoms with Crippen LogP contribution < -0.4 is 5.32 Å². The van der Waals surface area contributed by atoms with E-state index in [0.717, 1.165) is 14.2 Å². The number of Topliss-reactive ketones (excluding diaryl/α,β-unsaturated/α-hetero) is 1. The summed E-state index contributed by atoms with van der Waals surface area (Å²) in [5, 5.41) is 2.54. The van der Waals surface area contributed by atoms with Crippen molar-refractivity contribution in [2.75, 3.05) is 20.0 Å². The molecule has 0 bridgehead atoms. The van der Waals surface area contributed by atoms with Gasteiger partial charge >= 0.3 is 12.1 Å². The lowest BCUT2D eigenvalue weighted by Gasteiger charge is -2.28. The number of nitrogens with one attached hydrogen (secondary N) is 1. The van der Waals surface area contributed by atoms with Crippen LogP contribution in [0.2, 0.25) is 0 Å². The van der Waals surface area contributed by atoms with Crippen LogP contribution in [0.4, 0.5) is 13.6 Å². The zero-order valence-electron chi connectivity index (χ0n) is 25.2. The third-order valence-corrected chi connectivity index (χ3v) is 10.3. The number of sulfone groups is 1. The lowest BCUT2D eigenvalue weighted by Crippen LogP contribution is -2.45. The number of alkyl carbamates (subject to hydrolysis) is 1. The molecule has 0 radical (unpaired) electrons. The van der Waals surface area contributed by atoms with Crippen LogP contribution in [0.1, 0.15) is 42.7 Å². The summed E-state index contributed by atoms with van der Waals surface area (Å²) in [5.41, 5.74) is 3.56. The summed E-state index contributed by atoms with van der Waals surface area (Å²) in [6.07, 6.45) is -3.73. The summed E-state index contributed by atoms with van der Waals surface area (Å²) in [6.45, 7) is 0. The van der Waals surface area contributed by atoms with Crippen LogP contribution in [0.25, 0.3) is 10.2 Å². The molecule has 1 heterocycles. The number of ketones is 1. The van der Waals surface area contributed by atoms with E-state index in [1.807, 2.05) is 0 Å². The third kappa shape index (κ3) is 8.94. The van der Waals surface area contributed by atoms with Gasteiger partial charge in [-0.05, 0) is 35.7 Å². The fourth-order valence-electron chi connectivity index (χ4n) is 5.23. The molecule has 0 saturated heterocycles. The number of carbonyl (C=O) groups excluding carboxylic acids is 3. The van der Waals surface area contributed by atoms with E-state index in [2.05, 4.69) is 10.3 Å². The van der Waals surface area contributed by atoms with E-state index >= 15 is 8.78 Å². The van der Waals surface area contributed by atoms with Gasteiger partial charge in [0.15, 0.2) is 15.6 Å². The van der Waals surface area contributed by atoms with Crippen LogP contribution in [0.3, 0.4) is 0 Å². The Balaban J connectivity index is 1.48. The molecule has 0 aliphatic heterocycles. The van der Waals surface area contributed by atoms with Gasteiger partial charge in [0.2, 0.25) is 5.92 Å². The molecule has 244 valence electrons. The first kappa shape index (κ1) is 34.6. The van der Waals surface area contributed by atoms with E-state index in [0.29, 0.717) is 21.3 Å². The number of ether oxygens (including phenoxy) is 2. The van der Waals surface area contributed by atoms with Gasteiger partial charge in [0.1, 0.15) is 6.04 Å². The second kappa shape index (κ2) is 15.4. The fourth-order valence-corrected chi connectivity index (χ4v) is 7.62. The number of benzene rings is 3. The average molecular weight is 673 g/mol. The van der Waals surface area contributed by atoms with Crippen molar-refractivity contribution in [1.29, 1.82) is 0 Å². The van der Waals surface area contributed by atoms with Gasteiger partial charge in [-0.1, -0.05) is 60.7 Å². The molecular formula is C33H34F2N2O7S2. The van der Waals surface area contributed by atoms with Gasteiger partial charge in [0.05, 0.1) is 46.5 Å². The molecule has 46 heavy (non-hydrogen) atoms. The number of nitrogens with zero attached hydrogens (tertiary/aromatic N) is 1. The first-order valence-electron chi connectivity index (χ1n) is 14.4. The van der Waals surface area contributed by atoms with Gasteiger partial charge < -0.3 is 14.8 Å². The van der Waals surface area contributed by atoms with Crippen LogP contribution in [0.15, 0.2) is 89.3 Å². The number of aromatic nitrogens is 1. The number of methoxy groups -OCH3 is 2. The molecule has 0 unspecified atom stereocenters. The van der Waals surface area contributed by atoms with E-state index in [1.54, 1.807) is 72.2 Å². The summed E-state index contributed by atoms with van der Waals surface area (Å²) in [6, 6.07) is 20.9. The van der Waals surface area contributed by atoms with Gasteiger partial charge in [-0.3, -0.25) is 9.59 Å². The van der Waals surface area contributed by atoms with Gasteiger partial charge in [-0.15, -0.1) is 11.3 Å². The third-order valence-electron chi connectivity index (χ3n) is 7.67. The first-order chi connectivity index (χ1) is 21.9. The van der Waals surface area contributed by atoms with Crippen LogP contribution in [0.5, 0.6) is 0 Å². The maximum Gasteiger partial charge on any atom is 0.407 e. The number of thiazole rings is 1. The molecule has 0 spiro atoms. The largest absolute Gasteiger partial charge is 0.469 e. The first-order valence-corrected chi connectivity index (χ1v) is 17.0. The smallest absolute Gasteiger partial charge is 0.407 e. The van der Waals surface area contributed by atoms with Gasteiger partial charge in [0.25, 0.3) is 0 Å². The summed E-state index contributed by atoms with van der Waals surface area (Å²) in [4.78, 5) is 42.4. The maximum atomic E-state index is 15.3. The lowest BCUT2D eigenvalue weighted by molar-refractivity contribution is -0.145. The van der Waals surface area contributed by atoms with Crippen molar-refractivity contribution in [2.24, 2.45) is 5.92 Å². The molecule has 4 rings (SSSR count). The summed E-state index contributed by atoms with van der Waals surface area (Å²) in [7, 11) is -1.84. The number of hydrogen-bond donors (Lipinski definition) is 1. The number of fused-ring (bicyclic) bond motifs is 1. The van der Waals surface area contributed by atoms with Gasteiger partial charge in [-0.25, -0.2) is 27.0 Å². The van der Waals surface area contributed by atoms with E-state index in [-0.39, 0.29) is 4.90 Å². The molecule has 13 heteroatoms. The number of halogens is 2. The fraction of sp³-hybridized carbons (Fsp3) is 0.333. The highest BCUT2D eigenvalue weighted by Gasteiger charge is 2.38. The Bertz CT molecular complexity index is 1710. The standard InChI is InChI=1S/C33H34F2N2O7S2/c1-43-31(39)24(20-46(41,42)25-13-14-26-28(19-25)45-21-36-26)15-17-33(34,35)18-16-27(38)30(37-32(40)44-2)29(22-9-5-3-6-10-22)23-11-7-4-8-12-23/h3-14,19,21,24,29-30H,15-18,20H2,1-2H3,(H,37,40)/t24-,30-/m1/s1. The Kier molecular flexibility index (Phi) is 11.6. The second-order valence-electron chi connectivity index (χ2n) is 10.8. The molecule has 0 aliphatic rings. The molecule has 3 aromatic carbocycles. The molecule has 4 aromatic rings. The van der Waals surface area contributed by atoms with E-state index in [1.165, 1.54) is 23.5 Å². The Labute approximate surface area is 269 Å². The normalized spacial score (nSPS) is 13.2. The number of esters is 1. The average Bonchev–Trinajstić information content (AvgIpc) is 3.54. The highest BCUT2D eigenvalue weighted by molar-refractivity contribution is 7.91. The molecule has 1 N–H and O–H groups in total. The zero-order chi connectivity index (χ0) is 33.3. The summed E-state index contributed by atoms with van der Waals surface area (Å²) in [5.74, 6) is -7.78. The van der Waals surface area contributed by atoms with Crippen molar-refractivity contribution in [1.82, 2.24) is 10.3 Å². The minimum Gasteiger partial charge on any atom is -0.469 e. The van der Waals surface area contributed by atoms with Crippen molar-refractivity contribution in [3.05, 3.63) is 95.5 Å². The highest BCUT2D eigenvalue weighted by Crippen LogP contribution is 2.33. The number of alkyl halides is 2. The number of carbonyl (C=O) groups is 3. The number of amides is 1. The van der Waals surface area contributed by atoms with Gasteiger partial charge in [-0.2, -0.15) is 0 Å². The van der Waals surface area contributed by atoms with Crippen LogP contribution in [-0.4, -0.2) is 63.2 Å². The predicted molar refractivity (Wildman–Crippen MR) is 170 cm³/mol. The maximum absolute atomic E-state index is 15.3. The van der Waals surface area contributed by atoms with E-state index in [4.69, 9.17) is 9.47 Å². The van der Waals surface area contributed by atoms with Crippen LogP contribution in [0, 0.1) is 5.92 Å². The molecule has 0 saturated carbocycles. The number of rotatable bonds is 15. The molecule has 0 aliphatic carbocycles. The SMILES string of the molecule is COC(=O)N[C@H](C(=O)CCC(F)(F)CC[C@H](CS(=O)(=O)c1ccc2ncsc2c1)C(=O)OC)C(c1ccccc1)c1ccccc1. The topological polar surface area (TPSA) is 129 Å². The van der Waals surface area contributed by atoms with Crippen molar-refractivity contribution in [2.45, 2.75) is 48.5 Å². The summed E-state index contributed by atoms with van der Waals surface area (Å²) < 4.78 is 67.0. The molecule has 9 nitrogen and oxygen atoms in total. The van der Waals surface area contributed by atoms with E-state index in [9.17, 15) is 22.8 Å². The van der Waals surface area contributed by atoms with Crippen molar-refractivity contribution >= 4 is 49.2 Å². The monoisotopic (exact) mass is 672 g/mol. The number of hydrogen-bond acceptors (Lipinski definition) is 9. The Morgan fingerprint density at radius 2 is 1.54 bits per heavy atom. The minimum atomic E-state index is -4.04. The molecule has 1 aromatic heterocycles. The van der Waals surface area contributed by atoms with Crippen molar-refractivity contribution < 1.29 is 41.1 Å². The minimum absolute atomic E-state index is 0.0500. The molecule has 2 atom stereocenters. The lowest BCUT2D eigenvalue weighted by atomic mass is 9.82. The zero-order valence-corrected chi connectivity index (χ0v) is 26.9. The quantitative estimate of drug-likeness (QED) is 0.148. The van der Waals surface area contributed by atoms with Gasteiger partial charge in [0, 0.05) is 25.2 Å². The predicted octanol–water partition coefficient (Wildman–Crippen LogP) is 6.18. The Morgan fingerprint density at radius 1 is 0.913 bits per heavy atom. The summed E-state index contributed by atoms with van der Waals surface area (Å²) >= 11 is 1.25. The molecular weight excluding hydrogens is 638 g/mol. The Hall–Kier alpha value is -4.23. The molecule has 0 fully saturated rings. The Morgan fingerprint density at radius 3 is 2.13 bits per heavy atom.